The molecule has 15 nitrogen and oxygen atoms in total. The number of pyridine rings is 2. The number of piperazine rings is 2. The van der Waals surface area contributed by atoms with Gasteiger partial charge in [-0.2, -0.15) is 9.97 Å². The van der Waals surface area contributed by atoms with Crippen molar-refractivity contribution in [2.45, 2.75) is 32.9 Å². The summed E-state index contributed by atoms with van der Waals surface area (Å²) >= 11 is 5.50. The van der Waals surface area contributed by atoms with Gasteiger partial charge in [-0.25, -0.2) is 19.9 Å². The predicted molar refractivity (Wildman–Crippen MR) is 218 cm³/mol. The van der Waals surface area contributed by atoms with Crippen LogP contribution in [0.15, 0.2) is 66.2 Å². The molecule has 2 fully saturated rings. The van der Waals surface area contributed by atoms with Crippen molar-refractivity contribution >= 4 is 79.8 Å². The SMILES string of the molecule is CC1=NCCn2c1cc1cnc(Nc3ccc(N4CCNCC4)cn3)nc12.S=C1CCCn2c1cc1cnc(Nc3ccc(N4CCNCC4)cn3)nc12. The number of hydrogen-bond donors (Lipinski definition) is 4. The van der Waals surface area contributed by atoms with E-state index in [0.717, 1.165) is 152 Å². The van der Waals surface area contributed by atoms with E-state index in [2.05, 4.69) is 89.4 Å². The number of fused-ring (bicyclic) bond motifs is 6. The van der Waals surface area contributed by atoms with Crippen LogP contribution >= 0.6 is 12.2 Å². The van der Waals surface area contributed by atoms with E-state index < -0.39 is 0 Å². The number of hydrogen-bond acceptors (Lipinski definition) is 14. The minimum absolute atomic E-state index is 0.558. The van der Waals surface area contributed by atoms with Gasteiger partial charge in [0.15, 0.2) is 0 Å². The summed E-state index contributed by atoms with van der Waals surface area (Å²) in [6.45, 7) is 12.7. The molecule has 0 amide bonds. The summed E-state index contributed by atoms with van der Waals surface area (Å²) in [6.07, 6.45) is 9.58. The van der Waals surface area contributed by atoms with Crippen LogP contribution in [0.3, 0.4) is 0 Å². The van der Waals surface area contributed by atoms with Crippen molar-refractivity contribution in [1.82, 2.24) is 49.7 Å². The van der Waals surface area contributed by atoms with Crippen LogP contribution in [-0.2, 0) is 13.1 Å². The number of aliphatic imine (C=N–C) groups is 1. The van der Waals surface area contributed by atoms with Crippen LogP contribution in [-0.4, -0.2) is 109 Å². The van der Waals surface area contributed by atoms with Gasteiger partial charge in [-0.15, -0.1) is 0 Å². The van der Waals surface area contributed by atoms with E-state index in [1.807, 2.05) is 43.8 Å². The number of aryl methyl sites for hydroxylation is 1. The molecule has 6 aromatic heterocycles. The quantitative estimate of drug-likeness (QED) is 0.180. The van der Waals surface area contributed by atoms with Gasteiger partial charge in [0.25, 0.3) is 0 Å². The molecule has 6 aromatic rings. The molecule has 0 unspecified atom stereocenters. The lowest BCUT2D eigenvalue weighted by atomic mass is 10.1. The molecule has 0 spiro atoms. The Morgan fingerprint density at radius 2 is 1.17 bits per heavy atom. The van der Waals surface area contributed by atoms with E-state index in [1.165, 1.54) is 0 Å². The van der Waals surface area contributed by atoms with Gasteiger partial charge in [0.05, 0.1) is 47.4 Å². The normalized spacial score (nSPS) is 17.1. The van der Waals surface area contributed by atoms with Gasteiger partial charge in [0.1, 0.15) is 22.9 Å². The fraction of sp³-hybridized carbons (Fsp3) is 0.368. The summed E-state index contributed by atoms with van der Waals surface area (Å²) in [4.78, 5) is 37.6. The zero-order valence-corrected chi connectivity index (χ0v) is 31.1. The molecule has 0 bridgehead atoms. The molecule has 0 saturated carbocycles. The Hall–Kier alpha value is -5.58. The van der Waals surface area contributed by atoms with Gasteiger partial charge in [-0.3, -0.25) is 4.99 Å². The van der Waals surface area contributed by atoms with Gasteiger partial charge in [0.2, 0.25) is 11.9 Å². The summed E-state index contributed by atoms with van der Waals surface area (Å²) in [7, 11) is 0. The molecule has 0 aliphatic carbocycles. The monoisotopic (exact) mass is 741 g/mol. The van der Waals surface area contributed by atoms with Crippen LogP contribution in [0.2, 0.25) is 0 Å². The van der Waals surface area contributed by atoms with Crippen LogP contribution in [0.4, 0.5) is 34.9 Å². The first kappa shape index (κ1) is 34.2. The molecule has 2 saturated heterocycles. The van der Waals surface area contributed by atoms with Crippen molar-refractivity contribution in [3.63, 3.8) is 0 Å². The Labute approximate surface area is 318 Å². The van der Waals surface area contributed by atoms with E-state index in [4.69, 9.17) is 22.2 Å². The van der Waals surface area contributed by atoms with Crippen molar-refractivity contribution in [2.24, 2.45) is 4.99 Å². The third-order valence-corrected chi connectivity index (χ3v) is 10.7. The molecule has 0 radical (unpaired) electrons. The van der Waals surface area contributed by atoms with Crippen LogP contribution in [0.1, 0.15) is 31.2 Å². The molecule has 276 valence electrons. The smallest absolute Gasteiger partial charge is 0.230 e. The van der Waals surface area contributed by atoms with Gasteiger partial charge in [0, 0.05) is 93.5 Å². The highest BCUT2D eigenvalue weighted by Gasteiger charge is 2.20. The summed E-state index contributed by atoms with van der Waals surface area (Å²) < 4.78 is 4.42. The molecular weight excluding hydrogens is 699 g/mol. The largest absolute Gasteiger partial charge is 0.368 e. The first-order valence-electron chi connectivity index (χ1n) is 18.7. The van der Waals surface area contributed by atoms with Gasteiger partial charge < -0.3 is 40.2 Å². The Kier molecular flexibility index (Phi) is 9.53. The van der Waals surface area contributed by atoms with Crippen molar-refractivity contribution in [1.29, 1.82) is 0 Å². The van der Waals surface area contributed by atoms with E-state index in [-0.39, 0.29) is 0 Å². The van der Waals surface area contributed by atoms with Crippen molar-refractivity contribution < 1.29 is 0 Å². The lowest BCUT2D eigenvalue weighted by Crippen LogP contribution is -2.43. The van der Waals surface area contributed by atoms with Crippen molar-refractivity contribution in [3.8, 4) is 0 Å². The maximum absolute atomic E-state index is 5.50. The zero-order valence-electron chi connectivity index (χ0n) is 30.3. The Morgan fingerprint density at radius 3 is 1.70 bits per heavy atom. The molecule has 4 aliphatic rings. The molecule has 16 heteroatoms. The van der Waals surface area contributed by atoms with Crippen LogP contribution in [0.5, 0.6) is 0 Å². The van der Waals surface area contributed by atoms with Gasteiger partial charge in [-0.1, -0.05) is 12.2 Å². The third-order valence-electron chi connectivity index (χ3n) is 10.3. The number of nitrogens with zero attached hydrogens (tertiary/aromatic N) is 11. The highest BCUT2D eigenvalue weighted by atomic mass is 32.1. The second-order valence-corrected chi connectivity index (χ2v) is 14.3. The number of nitrogens with one attached hydrogen (secondary N) is 4. The molecule has 54 heavy (non-hydrogen) atoms. The summed E-state index contributed by atoms with van der Waals surface area (Å²) in [5.41, 5.74) is 7.45. The average Bonchev–Trinajstić information content (AvgIpc) is 3.79. The van der Waals surface area contributed by atoms with Gasteiger partial charge >= 0.3 is 0 Å². The molecule has 0 atom stereocenters. The Morgan fingerprint density at radius 1 is 0.630 bits per heavy atom. The van der Waals surface area contributed by atoms with Gasteiger partial charge in [-0.05, 0) is 56.2 Å². The standard InChI is InChI=1S/C19H22N8.C19H21N7S/c1-13-16-10-14-11-23-19(25-18(14)27(16)9-6-21-13)24-17-3-2-15(12-22-17)26-7-4-20-5-8-26;27-16-2-1-7-26-15(16)10-13-11-22-19(24-18(13)26)23-17-4-3-14(12-21-17)25-8-5-20-6-9-25/h2-3,10-12,20H,4-9H2,1H3,(H,22,23,24,25);3-4,10-12,20H,1-2,5-9H2,(H,21,22,23,24). The molecule has 10 rings (SSSR count). The maximum atomic E-state index is 5.50. The fourth-order valence-corrected chi connectivity index (χ4v) is 7.79. The number of aromatic nitrogens is 8. The lowest BCUT2D eigenvalue weighted by molar-refractivity contribution is 0.589. The van der Waals surface area contributed by atoms with Crippen molar-refractivity contribution in [3.05, 3.63) is 72.6 Å². The van der Waals surface area contributed by atoms with E-state index in [0.29, 0.717) is 11.9 Å². The maximum Gasteiger partial charge on any atom is 0.230 e. The molecule has 10 heterocycles. The summed E-state index contributed by atoms with van der Waals surface area (Å²) in [6, 6.07) is 12.4. The average molecular weight is 742 g/mol. The number of anilines is 6. The second kappa shape index (κ2) is 15.0. The topological polar surface area (TPSA) is 154 Å². The third kappa shape index (κ3) is 7.07. The fourth-order valence-electron chi connectivity index (χ4n) is 7.48. The van der Waals surface area contributed by atoms with E-state index in [1.54, 1.807) is 0 Å². The Bertz CT molecular complexity index is 2210. The van der Waals surface area contributed by atoms with E-state index >= 15 is 0 Å². The van der Waals surface area contributed by atoms with Crippen LogP contribution in [0, 0.1) is 0 Å². The van der Waals surface area contributed by atoms with Crippen LogP contribution < -0.4 is 31.1 Å². The Balaban J connectivity index is 0.000000142. The predicted octanol–water partition coefficient (Wildman–Crippen LogP) is 4.29. The summed E-state index contributed by atoms with van der Waals surface area (Å²) in [5.74, 6) is 2.61. The summed E-state index contributed by atoms with van der Waals surface area (Å²) in [5, 5.41) is 15.2. The number of thiocarbonyl (C=S) groups is 1. The highest BCUT2D eigenvalue weighted by molar-refractivity contribution is 7.80. The minimum Gasteiger partial charge on any atom is -0.368 e. The molecular formula is C38H43N15S. The molecule has 0 aromatic carbocycles. The van der Waals surface area contributed by atoms with Crippen LogP contribution in [0.25, 0.3) is 22.1 Å². The molecule has 4 N–H and O–H groups in total. The number of rotatable bonds is 6. The zero-order chi connectivity index (χ0) is 36.4. The van der Waals surface area contributed by atoms with E-state index in [9.17, 15) is 0 Å². The highest BCUT2D eigenvalue weighted by Crippen LogP contribution is 2.27. The second-order valence-electron chi connectivity index (χ2n) is 13.8. The lowest BCUT2D eigenvalue weighted by Gasteiger charge is -2.29. The first-order chi connectivity index (χ1) is 26.6. The van der Waals surface area contributed by atoms with Crippen molar-refractivity contribution in [2.75, 3.05) is 79.3 Å². The molecule has 4 aliphatic heterocycles. The minimum atomic E-state index is 0.558. The first-order valence-corrected chi connectivity index (χ1v) is 19.1.